The van der Waals surface area contributed by atoms with E-state index in [1.807, 2.05) is 53.8 Å². The summed E-state index contributed by atoms with van der Waals surface area (Å²) in [6.45, 7) is 5.59. The summed E-state index contributed by atoms with van der Waals surface area (Å²) in [4.78, 5) is 27.1. The Kier molecular flexibility index (Phi) is 4.51. The molecule has 0 bridgehead atoms. The van der Waals surface area contributed by atoms with E-state index in [1.165, 1.54) is 0 Å². The van der Waals surface area contributed by atoms with Gasteiger partial charge in [0.05, 0.1) is 11.6 Å². The zero-order chi connectivity index (χ0) is 19.1. The maximum absolute atomic E-state index is 13.1. The van der Waals surface area contributed by atoms with Crippen molar-refractivity contribution < 1.29 is 9.59 Å². The minimum absolute atomic E-state index is 0.0818. The maximum atomic E-state index is 13.1. The van der Waals surface area contributed by atoms with Crippen molar-refractivity contribution in [2.45, 2.75) is 26.4 Å². The highest BCUT2D eigenvalue weighted by Crippen LogP contribution is 2.29. The molecule has 3 aromatic heterocycles. The minimum atomic E-state index is -0.133. The maximum Gasteiger partial charge on any atom is 0.275 e. The summed E-state index contributed by atoms with van der Waals surface area (Å²) in [5, 5.41) is 7.26. The van der Waals surface area contributed by atoms with Crippen molar-refractivity contribution in [1.29, 1.82) is 0 Å². The van der Waals surface area contributed by atoms with Crippen LogP contribution in [0, 0.1) is 0 Å². The Hall–Kier alpha value is -2.61. The Bertz CT molecular complexity index is 1040. The van der Waals surface area contributed by atoms with Crippen LogP contribution in [0.2, 0.25) is 0 Å². The summed E-state index contributed by atoms with van der Waals surface area (Å²) >= 11 is 3.42. The number of nitrogens with one attached hydrogen (secondary N) is 1. The lowest BCUT2D eigenvalue weighted by Gasteiger charge is -2.35. The zero-order valence-electron chi connectivity index (χ0n) is 15.1. The summed E-state index contributed by atoms with van der Waals surface area (Å²) in [6.07, 6.45) is 1.83. The first-order valence-corrected chi connectivity index (χ1v) is 9.72. The van der Waals surface area contributed by atoms with Gasteiger partial charge in [0.15, 0.2) is 5.69 Å². The van der Waals surface area contributed by atoms with Gasteiger partial charge >= 0.3 is 0 Å². The number of aromatic nitrogens is 3. The smallest absolute Gasteiger partial charge is 0.275 e. The molecular weight excluding hydrogens is 410 g/mol. The second kappa shape index (κ2) is 6.84. The molecule has 1 unspecified atom stereocenters. The van der Waals surface area contributed by atoms with E-state index in [4.69, 9.17) is 0 Å². The van der Waals surface area contributed by atoms with Gasteiger partial charge in [-0.1, -0.05) is 0 Å². The molecule has 0 saturated heterocycles. The zero-order valence-corrected chi connectivity index (χ0v) is 16.7. The number of amides is 2. The predicted octanol–water partition coefficient (Wildman–Crippen LogP) is 2.87. The van der Waals surface area contributed by atoms with Crippen LogP contribution in [-0.4, -0.2) is 44.0 Å². The molecule has 4 rings (SSSR count). The van der Waals surface area contributed by atoms with Crippen LogP contribution in [0.25, 0.3) is 5.52 Å². The summed E-state index contributed by atoms with van der Waals surface area (Å²) in [5.74, 6) is -0.184. The molecule has 1 aliphatic heterocycles. The van der Waals surface area contributed by atoms with Gasteiger partial charge in [-0.3, -0.25) is 9.59 Å². The largest absolute Gasteiger partial charge is 0.351 e. The molecule has 0 aromatic carbocycles. The van der Waals surface area contributed by atoms with Crippen LogP contribution >= 0.6 is 15.9 Å². The van der Waals surface area contributed by atoms with Gasteiger partial charge in [-0.25, -0.2) is 4.52 Å². The first kappa shape index (κ1) is 17.8. The Labute approximate surface area is 165 Å². The molecule has 0 aliphatic carbocycles. The molecule has 1 N–H and O–H groups in total. The average Bonchev–Trinajstić information content (AvgIpc) is 3.25. The van der Waals surface area contributed by atoms with E-state index in [2.05, 4.69) is 26.3 Å². The van der Waals surface area contributed by atoms with E-state index < -0.39 is 0 Å². The number of hydrogen-bond donors (Lipinski definition) is 1. The molecule has 4 heterocycles. The SMILES string of the molecule is CCNC(=O)c1ccc2n1CCN(C(=O)c1cc3ccc(Br)cn3n1)C2C. The molecule has 0 saturated carbocycles. The molecule has 140 valence electrons. The molecule has 8 heteroatoms. The van der Waals surface area contributed by atoms with Crippen molar-refractivity contribution in [2.24, 2.45) is 0 Å². The second-order valence-corrected chi connectivity index (χ2v) is 7.49. The van der Waals surface area contributed by atoms with Crippen LogP contribution in [0.3, 0.4) is 0 Å². The van der Waals surface area contributed by atoms with E-state index in [0.717, 1.165) is 15.7 Å². The normalized spacial score (nSPS) is 16.4. The highest BCUT2D eigenvalue weighted by molar-refractivity contribution is 9.10. The van der Waals surface area contributed by atoms with E-state index >= 15 is 0 Å². The third-order valence-electron chi connectivity index (χ3n) is 4.95. The first-order valence-electron chi connectivity index (χ1n) is 8.93. The summed E-state index contributed by atoms with van der Waals surface area (Å²) in [5.41, 5.74) is 2.89. The molecule has 2 amide bonds. The van der Waals surface area contributed by atoms with Crippen molar-refractivity contribution >= 4 is 33.3 Å². The van der Waals surface area contributed by atoms with Crippen molar-refractivity contribution in [3.05, 3.63) is 58.1 Å². The Morgan fingerprint density at radius 1 is 1.26 bits per heavy atom. The molecule has 27 heavy (non-hydrogen) atoms. The van der Waals surface area contributed by atoms with Gasteiger partial charge in [-0.15, -0.1) is 0 Å². The van der Waals surface area contributed by atoms with Crippen LogP contribution in [0.1, 0.15) is 46.6 Å². The van der Waals surface area contributed by atoms with E-state index in [1.54, 1.807) is 10.6 Å². The molecule has 0 fully saturated rings. The number of fused-ring (bicyclic) bond motifs is 2. The molecule has 1 aliphatic rings. The summed E-state index contributed by atoms with van der Waals surface area (Å²) in [7, 11) is 0. The van der Waals surface area contributed by atoms with Gasteiger partial charge < -0.3 is 14.8 Å². The third kappa shape index (κ3) is 3.03. The molecule has 0 radical (unpaired) electrons. The average molecular weight is 430 g/mol. The Morgan fingerprint density at radius 2 is 2.07 bits per heavy atom. The third-order valence-corrected chi connectivity index (χ3v) is 5.42. The lowest BCUT2D eigenvalue weighted by atomic mass is 10.1. The van der Waals surface area contributed by atoms with Crippen LogP contribution in [0.5, 0.6) is 0 Å². The highest BCUT2D eigenvalue weighted by Gasteiger charge is 2.31. The van der Waals surface area contributed by atoms with Crippen LogP contribution in [0.15, 0.2) is 41.0 Å². The first-order chi connectivity index (χ1) is 13.0. The molecule has 3 aromatic rings. The number of nitrogens with zero attached hydrogens (tertiary/aromatic N) is 4. The summed E-state index contributed by atoms with van der Waals surface area (Å²) < 4.78 is 4.60. The fourth-order valence-corrected chi connectivity index (χ4v) is 3.92. The van der Waals surface area contributed by atoms with E-state index in [9.17, 15) is 9.59 Å². The standard InChI is InChI=1S/C19H20BrN5O2/c1-3-21-18(26)17-7-6-16-12(2)23(8-9-24(16)17)19(27)15-10-14-5-4-13(20)11-25(14)22-15/h4-7,10-12H,3,8-9H2,1-2H3,(H,21,26). The topological polar surface area (TPSA) is 71.6 Å². The van der Waals surface area contributed by atoms with Gasteiger partial charge in [0, 0.05) is 36.0 Å². The van der Waals surface area contributed by atoms with Crippen molar-refractivity contribution in [3.63, 3.8) is 0 Å². The van der Waals surface area contributed by atoms with Crippen molar-refractivity contribution in [1.82, 2.24) is 24.4 Å². The van der Waals surface area contributed by atoms with Crippen molar-refractivity contribution in [3.8, 4) is 0 Å². The monoisotopic (exact) mass is 429 g/mol. The van der Waals surface area contributed by atoms with Gasteiger partial charge in [-0.2, -0.15) is 5.10 Å². The van der Waals surface area contributed by atoms with Gasteiger partial charge in [0.2, 0.25) is 0 Å². The molecule has 0 spiro atoms. The van der Waals surface area contributed by atoms with Gasteiger partial charge in [-0.05, 0) is 60.1 Å². The minimum Gasteiger partial charge on any atom is -0.351 e. The fourth-order valence-electron chi connectivity index (χ4n) is 3.60. The van der Waals surface area contributed by atoms with Crippen LogP contribution < -0.4 is 5.32 Å². The fraction of sp³-hybridized carbons (Fsp3) is 0.316. The number of rotatable bonds is 3. The van der Waals surface area contributed by atoms with Gasteiger partial charge in [0.1, 0.15) is 5.69 Å². The number of carbonyl (C=O) groups excluding carboxylic acids is 2. The lowest BCUT2D eigenvalue weighted by Crippen LogP contribution is -2.42. The molecule has 7 nitrogen and oxygen atoms in total. The van der Waals surface area contributed by atoms with E-state index in [-0.39, 0.29) is 17.9 Å². The number of carbonyl (C=O) groups is 2. The number of hydrogen-bond acceptors (Lipinski definition) is 3. The lowest BCUT2D eigenvalue weighted by molar-refractivity contribution is 0.0635. The number of halogens is 1. The Balaban J connectivity index is 1.62. The second-order valence-electron chi connectivity index (χ2n) is 6.58. The molecule has 1 atom stereocenters. The Morgan fingerprint density at radius 3 is 2.85 bits per heavy atom. The van der Waals surface area contributed by atoms with E-state index in [0.29, 0.717) is 31.0 Å². The van der Waals surface area contributed by atoms with Crippen LogP contribution in [0.4, 0.5) is 0 Å². The van der Waals surface area contributed by atoms with Crippen LogP contribution in [-0.2, 0) is 6.54 Å². The predicted molar refractivity (Wildman–Crippen MR) is 105 cm³/mol. The highest BCUT2D eigenvalue weighted by atomic mass is 79.9. The number of pyridine rings is 1. The van der Waals surface area contributed by atoms with Crippen molar-refractivity contribution in [2.75, 3.05) is 13.1 Å². The molecular formula is C19H20BrN5O2. The summed E-state index contributed by atoms with van der Waals surface area (Å²) in [6, 6.07) is 9.26. The quantitative estimate of drug-likeness (QED) is 0.695. The van der Waals surface area contributed by atoms with Gasteiger partial charge in [0.25, 0.3) is 11.8 Å².